The summed E-state index contributed by atoms with van der Waals surface area (Å²) in [6.45, 7) is 0.0701. The molecule has 0 aliphatic heterocycles. The van der Waals surface area contributed by atoms with Crippen LogP contribution in [0.1, 0.15) is 15.9 Å². The molecule has 0 fully saturated rings. The van der Waals surface area contributed by atoms with Crippen LogP contribution in [0.4, 0.5) is 29.3 Å². The fraction of sp³-hybridized carbons (Fsp3) is 0.0833. The zero-order chi connectivity index (χ0) is 24.9. The Morgan fingerprint density at radius 3 is 2.29 bits per heavy atom. The van der Waals surface area contributed by atoms with Crippen LogP contribution < -0.4 is 15.1 Å². The number of aliphatic hydroxyl groups is 1. The molecule has 1 heterocycles. The Bertz CT molecular complexity index is 1430. The monoisotopic (exact) mass is 542 g/mol. The number of carbonyl (C=O) groups is 2. The number of urea groups is 1. The second-order valence-corrected chi connectivity index (χ2v) is 10.2. The summed E-state index contributed by atoms with van der Waals surface area (Å²) in [6, 6.07) is 10.2. The van der Waals surface area contributed by atoms with Crippen molar-refractivity contribution in [2.24, 2.45) is 0 Å². The van der Waals surface area contributed by atoms with E-state index in [0.717, 1.165) is 22.7 Å². The van der Waals surface area contributed by atoms with Gasteiger partial charge in [-0.05, 0) is 12.1 Å². The maximum atomic E-state index is 14.5. The molecule has 0 aliphatic rings. The number of fused-ring (bicyclic) bond motifs is 1. The average Bonchev–Trinajstić information content (AvgIpc) is 2.85. The number of hydrogen-bond acceptors (Lipinski definition) is 5. The van der Waals surface area contributed by atoms with Crippen LogP contribution in [0.3, 0.4) is 0 Å². The van der Waals surface area contributed by atoms with Gasteiger partial charge in [0.15, 0.2) is 11.6 Å². The van der Waals surface area contributed by atoms with Crippen molar-refractivity contribution in [1.29, 1.82) is 0 Å². The van der Waals surface area contributed by atoms with Gasteiger partial charge in [-0.25, -0.2) is 8.78 Å². The summed E-state index contributed by atoms with van der Waals surface area (Å²) in [5, 5.41) is 14.4. The first-order valence-corrected chi connectivity index (χ1v) is 12.9. The van der Waals surface area contributed by atoms with Crippen LogP contribution in [-0.4, -0.2) is 49.2 Å². The van der Waals surface area contributed by atoms with Gasteiger partial charge in [0.1, 0.15) is 0 Å². The number of nitrogens with zero attached hydrogens (tertiary/aromatic N) is 2. The van der Waals surface area contributed by atoms with E-state index in [-0.39, 0.29) is 29.1 Å². The van der Waals surface area contributed by atoms with Crippen LogP contribution in [-0.2, 0) is 0 Å². The number of aliphatic hydroxyl groups excluding tert-OH is 1. The molecule has 178 valence electrons. The minimum atomic E-state index is -1.12. The molecule has 4 rings (SSSR count). The maximum absolute atomic E-state index is 14.5. The van der Waals surface area contributed by atoms with E-state index in [9.17, 15) is 22.8 Å². The van der Waals surface area contributed by atoms with Crippen LogP contribution in [0.15, 0.2) is 60.8 Å². The molecule has 1 atom stereocenters. The van der Waals surface area contributed by atoms with Crippen molar-refractivity contribution in [3.8, 4) is 0 Å². The van der Waals surface area contributed by atoms with Crippen molar-refractivity contribution in [3.63, 3.8) is 0 Å². The Labute approximate surface area is 204 Å². The molecule has 2 amide bonds. The minimum absolute atomic E-state index is 0.0122. The number of nitrogens with one attached hydrogen (secondary N) is 2. The van der Waals surface area contributed by atoms with Gasteiger partial charge >= 0.3 is 160 Å². The number of amides is 2. The Morgan fingerprint density at radius 1 is 0.857 bits per heavy atom. The fourth-order valence-corrected chi connectivity index (χ4v) is 4.74. The van der Waals surface area contributed by atoms with Crippen LogP contribution in [0.5, 0.6) is 0 Å². The van der Waals surface area contributed by atoms with Gasteiger partial charge in [0.2, 0.25) is 0 Å². The standard InChI is InChI=1S/C24H18AsF3N4O3/c26-17-4-2-14(30-24(35)31-15-3-5-18(27)19(28)11-15)10-16(17)23(34)13-1-6-20-21(9-13)32-22(12-29-20)25-7-8-33/h1-6,9-12,25,33H,7-8H2,(H2,30,31,35). The van der Waals surface area contributed by atoms with E-state index < -0.39 is 45.0 Å². The first kappa shape index (κ1) is 24.4. The third kappa shape index (κ3) is 5.85. The van der Waals surface area contributed by atoms with Crippen molar-refractivity contribution in [2.45, 2.75) is 5.21 Å². The van der Waals surface area contributed by atoms with Crippen molar-refractivity contribution in [1.82, 2.24) is 9.97 Å². The molecule has 0 radical (unpaired) electrons. The van der Waals surface area contributed by atoms with Crippen LogP contribution in [0, 0.1) is 17.5 Å². The van der Waals surface area contributed by atoms with Crippen molar-refractivity contribution >= 4 is 54.5 Å². The molecule has 11 heteroatoms. The summed E-state index contributed by atoms with van der Waals surface area (Å²) >= 11 is -0.655. The van der Waals surface area contributed by atoms with E-state index in [0.29, 0.717) is 16.2 Å². The molecule has 0 aliphatic carbocycles. The molecule has 3 aromatic carbocycles. The van der Waals surface area contributed by atoms with Crippen LogP contribution in [0.25, 0.3) is 11.0 Å². The molecule has 3 N–H and O–H groups in total. The third-order valence-corrected chi connectivity index (χ3v) is 7.13. The van der Waals surface area contributed by atoms with Crippen molar-refractivity contribution < 1.29 is 27.9 Å². The van der Waals surface area contributed by atoms with Gasteiger partial charge in [-0.15, -0.1) is 0 Å². The first-order chi connectivity index (χ1) is 16.8. The van der Waals surface area contributed by atoms with E-state index in [1.165, 1.54) is 30.3 Å². The van der Waals surface area contributed by atoms with E-state index >= 15 is 0 Å². The molecule has 0 spiro atoms. The Balaban J connectivity index is 1.54. The number of aromatic nitrogens is 2. The molecular formula is C24H18AsF3N4O3. The Hall–Kier alpha value is -3.75. The zero-order valence-corrected chi connectivity index (χ0v) is 20.1. The van der Waals surface area contributed by atoms with Gasteiger partial charge in [0.25, 0.3) is 0 Å². The SMILES string of the molecule is O=C(Nc1ccc(F)c(F)c1)Nc1ccc(F)c(C(=O)c2ccc3ncc([AsH]CCO)nc3c2)c1. The summed E-state index contributed by atoms with van der Waals surface area (Å²) in [4.78, 5) is 34.1. The number of hydrogen-bond donors (Lipinski definition) is 3. The molecular weight excluding hydrogens is 524 g/mol. The second kappa shape index (κ2) is 10.7. The molecule has 0 bridgehead atoms. The number of ketones is 1. The third-order valence-electron chi connectivity index (χ3n) is 4.87. The van der Waals surface area contributed by atoms with Crippen LogP contribution >= 0.6 is 0 Å². The van der Waals surface area contributed by atoms with E-state index in [1.54, 1.807) is 12.3 Å². The molecule has 0 saturated carbocycles. The summed E-state index contributed by atoms with van der Waals surface area (Å²) in [5.41, 5.74) is 1.10. The van der Waals surface area contributed by atoms with Gasteiger partial charge in [0.05, 0.1) is 0 Å². The van der Waals surface area contributed by atoms with E-state index in [1.807, 2.05) is 0 Å². The summed E-state index contributed by atoms with van der Waals surface area (Å²) in [6.07, 6.45) is 1.65. The average molecular weight is 542 g/mol. The summed E-state index contributed by atoms with van der Waals surface area (Å²) in [5.74, 6) is -3.58. The predicted molar refractivity (Wildman–Crippen MR) is 127 cm³/mol. The molecule has 1 aromatic heterocycles. The van der Waals surface area contributed by atoms with E-state index in [4.69, 9.17) is 5.11 Å². The Kier molecular flexibility index (Phi) is 7.43. The van der Waals surface area contributed by atoms with Crippen molar-refractivity contribution in [3.05, 3.63) is 89.4 Å². The fourth-order valence-electron chi connectivity index (χ4n) is 3.22. The van der Waals surface area contributed by atoms with Gasteiger partial charge < -0.3 is 0 Å². The van der Waals surface area contributed by atoms with Crippen molar-refractivity contribution in [2.75, 3.05) is 17.2 Å². The number of rotatable bonds is 7. The topological polar surface area (TPSA) is 104 Å². The number of benzene rings is 3. The number of halogens is 3. The quantitative estimate of drug-likeness (QED) is 0.246. The first-order valence-electron chi connectivity index (χ1n) is 10.3. The molecule has 7 nitrogen and oxygen atoms in total. The zero-order valence-electron chi connectivity index (χ0n) is 18.0. The normalized spacial score (nSPS) is 11.2. The van der Waals surface area contributed by atoms with Gasteiger partial charge in [-0.1, -0.05) is 0 Å². The molecule has 1 unspecified atom stereocenters. The van der Waals surface area contributed by atoms with Gasteiger partial charge in [0, 0.05) is 11.8 Å². The summed E-state index contributed by atoms with van der Waals surface area (Å²) < 4.78 is 41.7. The number of carbonyl (C=O) groups excluding carboxylic acids is 2. The molecule has 0 saturated heterocycles. The number of anilines is 2. The summed E-state index contributed by atoms with van der Waals surface area (Å²) in [7, 11) is 0. The molecule has 35 heavy (non-hydrogen) atoms. The Morgan fingerprint density at radius 2 is 1.57 bits per heavy atom. The predicted octanol–water partition coefficient (Wildman–Crippen LogP) is 3.39. The molecule has 4 aromatic rings. The van der Waals surface area contributed by atoms with Gasteiger partial charge in [-0.3, -0.25) is 0 Å². The second-order valence-electron chi connectivity index (χ2n) is 7.34. The van der Waals surface area contributed by atoms with E-state index in [2.05, 4.69) is 20.6 Å². The van der Waals surface area contributed by atoms with Crippen LogP contribution in [0.2, 0.25) is 5.21 Å². The van der Waals surface area contributed by atoms with Gasteiger partial charge in [-0.2, -0.15) is 0 Å².